The van der Waals surface area contributed by atoms with E-state index in [9.17, 15) is 4.79 Å². The van der Waals surface area contributed by atoms with Crippen LogP contribution in [-0.2, 0) is 4.79 Å². The van der Waals surface area contributed by atoms with Crippen LogP contribution in [0.2, 0.25) is 0 Å². The number of furan rings is 1. The summed E-state index contributed by atoms with van der Waals surface area (Å²) in [6.07, 6.45) is 0. The van der Waals surface area contributed by atoms with E-state index in [2.05, 4.69) is 40.2 Å². The van der Waals surface area contributed by atoms with Crippen LogP contribution < -0.4 is 4.74 Å². The van der Waals surface area contributed by atoms with Crippen LogP contribution in [0.25, 0.3) is 33.2 Å². The number of aliphatic carboxylic acids is 1. The van der Waals surface area contributed by atoms with Crippen LogP contribution in [0.3, 0.4) is 0 Å². The highest BCUT2D eigenvalue weighted by Crippen LogP contribution is 2.38. The van der Waals surface area contributed by atoms with Crippen LogP contribution in [0.5, 0.6) is 5.75 Å². The van der Waals surface area contributed by atoms with Crippen LogP contribution in [0.4, 0.5) is 0 Å². The molecule has 0 unspecified atom stereocenters. The van der Waals surface area contributed by atoms with Gasteiger partial charge in [0.05, 0.1) is 0 Å². The average molecular weight is 423 g/mol. The van der Waals surface area contributed by atoms with E-state index in [1.807, 2.05) is 36.4 Å². The zero-order chi connectivity index (χ0) is 18.8. The highest BCUT2D eigenvalue weighted by Gasteiger charge is 2.13. The topological polar surface area (TPSA) is 59.7 Å². The summed E-state index contributed by atoms with van der Waals surface area (Å²) in [5, 5.41) is 9.73. The van der Waals surface area contributed by atoms with Gasteiger partial charge in [-0.15, -0.1) is 0 Å². The minimum absolute atomic E-state index is 0.346. The van der Waals surface area contributed by atoms with Gasteiger partial charge in [-0.3, -0.25) is 0 Å². The van der Waals surface area contributed by atoms with E-state index in [0.29, 0.717) is 5.75 Å². The van der Waals surface area contributed by atoms with Gasteiger partial charge < -0.3 is 14.3 Å². The summed E-state index contributed by atoms with van der Waals surface area (Å²) in [5.74, 6) is -0.459. The van der Waals surface area contributed by atoms with E-state index in [1.54, 1.807) is 12.1 Å². The molecule has 1 N–H and O–H groups in total. The molecule has 0 saturated heterocycles. The smallest absolute Gasteiger partial charge is 0.341 e. The Balaban J connectivity index is 1.60. The number of para-hydroxylation sites is 1. The lowest BCUT2D eigenvalue weighted by Gasteiger charge is -2.07. The van der Waals surface area contributed by atoms with Gasteiger partial charge in [0.15, 0.2) is 11.3 Å². The number of hydrogen-bond donors (Lipinski definition) is 1. The van der Waals surface area contributed by atoms with E-state index < -0.39 is 5.97 Å². The molecule has 0 bridgehead atoms. The first-order chi connectivity index (χ1) is 13.1. The van der Waals surface area contributed by atoms with Crippen molar-refractivity contribution in [3.8, 4) is 28.0 Å². The highest BCUT2D eigenvalue weighted by molar-refractivity contribution is 9.10. The number of carbonyl (C=O) groups is 1. The number of fused-ring (bicyclic) bond motifs is 1. The van der Waals surface area contributed by atoms with E-state index in [4.69, 9.17) is 14.3 Å². The molecule has 4 nitrogen and oxygen atoms in total. The summed E-state index contributed by atoms with van der Waals surface area (Å²) in [5.41, 5.74) is 5.04. The summed E-state index contributed by atoms with van der Waals surface area (Å²) in [6, 6.07) is 23.5. The molecule has 0 aliphatic rings. The molecule has 0 spiro atoms. The van der Waals surface area contributed by atoms with Crippen molar-refractivity contribution < 1.29 is 19.1 Å². The van der Waals surface area contributed by atoms with Crippen molar-refractivity contribution in [2.24, 2.45) is 0 Å². The molecular weight excluding hydrogens is 408 g/mol. The van der Waals surface area contributed by atoms with Gasteiger partial charge in [-0.25, -0.2) is 4.79 Å². The molecule has 0 atom stereocenters. The van der Waals surface area contributed by atoms with E-state index in [-0.39, 0.29) is 6.61 Å². The summed E-state index contributed by atoms with van der Waals surface area (Å²) < 4.78 is 11.7. The molecule has 4 rings (SSSR count). The molecule has 0 fully saturated rings. The lowest BCUT2D eigenvalue weighted by Crippen LogP contribution is -2.09. The largest absolute Gasteiger partial charge is 0.482 e. The molecule has 27 heavy (non-hydrogen) atoms. The predicted octanol–water partition coefficient (Wildman–Crippen LogP) is 5.99. The first kappa shape index (κ1) is 17.4. The number of halogens is 1. The Kier molecular flexibility index (Phi) is 4.69. The average Bonchev–Trinajstić information content (AvgIpc) is 3.02. The fourth-order valence-corrected chi connectivity index (χ4v) is 3.62. The van der Waals surface area contributed by atoms with Crippen molar-refractivity contribution >= 4 is 32.9 Å². The second-order valence-corrected chi connectivity index (χ2v) is 6.75. The molecular formula is C22H15BrO4. The van der Waals surface area contributed by atoms with Gasteiger partial charge in [-0.2, -0.15) is 0 Å². The highest BCUT2D eigenvalue weighted by atomic mass is 79.9. The summed E-state index contributed by atoms with van der Waals surface area (Å²) in [7, 11) is 0. The fourth-order valence-electron chi connectivity index (χ4n) is 3.00. The SMILES string of the molecule is O=C(O)COc1ccc(-c2ccc(-c3c(Br)oc4ccccc34)cc2)cc1. The zero-order valence-electron chi connectivity index (χ0n) is 14.2. The maximum Gasteiger partial charge on any atom is 0.341 e. The minimum atomic E-state index is -0.993. The molecule has 0 amide bonds. The van der Waals surface area contributed by atoms with Gasteiger partial charge in [0.1, 0.15) is 11.3 Å². The Bertz CT molecular complexity index is 1100. The van der Waals surface area contributed by atoms with Crippen molar-refractivity contribution in [1.29, 1.82) is 0 Å². The van der Waals surface area contributed by atoms with Crippen molar-refractivity contribution in [3.63, 3.8) is 0 Å². The van der Waals surface area contributed by atoms with Crippen LogP contribution in [0.1, 0.15) is 0 Å². The molecule has 3 aromatic carbocycles. The van der Waals surface area contributed by atoms with Gasteiger partial charge in [0, 0.05) is 10.9 Å². The first-order valence-corrected chi connectivity index (χ1v) is 9.13. The third-order valence-electron chi connectivity index (χ3n) is 4.28. The molecule has 0 saturated carbocycles. The minimum Gasteiger partial charge on any atom is -0.482 e. The lowest BCUT2D eigenvalue weighted by molar-refractivity contribution is -0.139. The van der Waals surface area contributed by atoms with Crippen LogP contribution in [0.15, 0.2) is 81.9 Å². The molecule has 0 aliphatic carbocycles. The Morgan fingerprint density at radius 3 is 2.15 bits per heavy atom. The Morgan fingerprint density at radius 1 is 0.889 bits per heavy atom. The standard InChI is InChI=1S/C22H15BrO4/c23-22-21(18-3-1-2-4-19(18)27-22)16-7-5-14(6-8-16)15-9-11-17(12-10-15)26-13-20(24)25/h1-12H,13H2,(H,24,25). The Labute approximate surface area is 164 Å². The number of carboxylic acids is 1. The molecule has 134 valence electrons. The Morgan fingerprint density at radius 2 is 1.48 bits per heavy atom. The van der Waals surface area contributed by atoms with Gasteiger partial charge >= 0.3 is 5.97 Å². The number of rotatable bonds is 5. The van der Waals surface area contributed by atoms with E-state index >= 15 is 0 Å². The summed E-state index contributed by atoms with van der Waals surface area (Å²) in [6.45, 7) is -0.346. The Hall–Kier alpha value is -3.05. The second kappa shape index (κ2) is 7.29. The zero-order valence-corrected chi connectivity index (χ0v) is 15.8. The molecule has 1 heterocycles. The normalized spacial score (nSPS) is 10.9. The van der Waals surface area contributed by atoms with E-state index in [1.165, 1.54) is 0 Å². The molecule has 1 aromatic heterocycles. The molecule has 5 heteroatoms. The third-order valence-corrected chi connectivity index (χ3v) is 4.83. The monoisotopic (exact) mass is 422 g/mol. The number of benzene rings is 3. The van der Waals surface area contributed by atoms with Crippen LogP contribution in [-0.4, -0.2) is 17.7 Å². The van der Waals surface area contributed by atoms with E-state index in [0.717, 1.165) is 37.9 Å². The predicted molar refractivity (Wildman–Crippen MR) is 108 cm³/mol. The number of ether oxygens (including phenoxy) is 1. The maximum absolute atomic E-state index is 10.6. The maximum atomic E-state index is 10.6. The quantitative estimate of drug-likeness (QED) is 0.428. The van der Waals surface area contributed by atoms with Gasteiger partial charge in [0.2, 0.25) is 0 Å². The third kappa shape index (κ3) is 3.59. The van der Waals surface area contributed by atoms with Gasteiger partial charge in [-0.05, 0) is 50.8 Å². The van der Waals surface area contributed by atoms with Crippen LogP contribution in [0, 0.1) is 0 Å². The second-order valence-electron chi connectivity index (χ2n) is 6.03. The van der Waals surface area contributed by atoms with Gasteiger partial charge in [-0.1, -0.05) is 54.6 Å². The molecule has 0 radical (unpaired) electrons. The van der Waals surface area contributed by atoms with Crippen molar-refractivity contribution in [1.82, 2.24) is 0 Å². The number of hydrogen-bond acceptors (Lipinski definition) is 3. The van der Waals surface area contributed by atoms with Crippen LogP contribution >= 0.6 is 15.9 Å². The lowest BCUT2D eigenvalue weighted by atomic mass is 10.00. The first-order valence-electron chi connectivity index (χ1n) is 8.34. The molecule has 0 aliphatic heterocycles. The van der Waals surface area contributed by atoms with Crippen molar-refractivity contribution in [3.05, 3.63) is 77.5 Å². The van der Waals surface area contributed by atoms with Crippen molar-refractivity contribution in [2.75, 3.05) is 6.61 Å². The van der Waals surface area contributed by atoms with Crippen molar-refractivity contribution in [2.45, 2.75) is 0 Å². The summed E-state index contributed by atoms with van der Waals surface area (Å²) in [4.78, 5) is 10.6. The van der Waals surface area contributed by atoms with Gasteiger partial charge in [0.25, 0.3) is 0 Å². The number of carboxylic acid groups (broad SMARTS) is 1. The summed E-state index contributed by atoms with van der Waals surface area (Å²) >= 11 is 3.52. The molecule has 4 aromatic rings. The fraction of sp³-hybridized carbons (Fsp3) is 0.0455.